The molecule has 2 atom stereocenters. The fraction of sp³-hybridized carbons (Fsp3) is 0.652. The fourth-order valence-electron chi connectivity index (χ4n) is 6.45. The number of rotatable bonds is 7. The Morgan fingerprint density at radius 2 is 1.83 bits per heavy atom. The first-order valence-corrected chi connectivity index (χ1v) is 10.8. The molecule has 4 aliphatic rings. The highest BCUT2D eigenvalue weighted by molar-refractivity contribution is 5.85. The number of carbonyl (C=O) groups excluding carboxylic acids is 2. The van der Waals surface area contributed by atoms with Crippen LogP contribution < -0.4 is 5.32 Å². The molecule has 158 valence electrons. The Bertz CT molecular complexity index is 765. The average Bonchev–Trinajstić information content (AvgIpc) is 2.63. The zero-order valence-electron chi connectivity index (χ0n) is 17.1. The molecule has 5 rings (SSSR count). The van der Waals surface area contributed by atoms with Gasteiger partial charge in [-0.3, -0.25) is 9.59 Å². The van der Waals surface area contributed by atoms with Crippen LogP contribution in [0.2, 0.25) is 0 Å². The van der Waals surface area contributed by atoms with E-state index in [4.69, 9.17) is 0 Å². The molecule has 0 saturated heterocycles. The third-order valence-corrected chi connectivity index (χ3v) is 7.15. The van der Waals surface area contributed by atoms with Crippen LogP contribution in [0, 0.1) is 23.1 Å². The Morgan fingerprint density at radius 1 is 1.17 bits per heavy atom. The molecule has 1 aromatic carbocycles. The van der Waals surface area contributed by atoms with E-state index in [9.17, 15) is 19.1 Å². The maximum Gasteiger partial charge on any atom is 0.239 e. The van der Waals surface area contributed by atoms with E-state index in [-0.39, 0.29) is 29.6 Å². The Kier molecular flexibility index (Phi) is 5.40. The lowest BCUT2D eigenvalue weighted by Crippen LogP contribution is -2.56. The molecule has 29 heavy (non-hydrogen) atoms. The van der Waals surface area contributed by atoms with Crippen molar-refractivity contribution < 1.29 is 19.1 Å². The number of halogens is 1. The summed E-state index contributed by atoms with van der Waals surface area (Å²) >= 11 is 0. The number of aliphatic hydroxyl groups is 1. The van der Waals surface area contributed by atoms with Crippen molar-refractivity contribution in [2.24, 2.45) is 17.3 Å². The highest BCUT2D eigenvalue weighted by atomic mass is 19.1. The van der Waals surface area contributed by atoms with Crippen molar-refractivity contribution in [2.45, 2.75) is 64.0 Å². The van der Waals surface area contributed by atoms with Gasteiger partial charge >= 0.3 is 0 Å². The predicted molar refractivity (Wildman–Crippen MR) is 107 cm³/mol. The fourth-order valence-corrected chi connectivity index (χ4v) is 6.45. The number of amides is 2. The van der Waals surface area contributed by atoms with Crippen molar-refractivity contribution in [3.05, 3.63) is 35.6 Å². The third kappa shape index (κ3) is 4.47. The molecule has 0 heterocycles. The molecule has 4 bridgehead atoms. The van der Waals surface area contributed by atoms with Crippen LogP contribution in [0.1, 0.15) is 57.4 Å². The van der Waals surface area contributed by atoms with Crippen LogP contribution in [0.25, 0.3) is 0 Å². The van der Waals surface area contributed by atoms with Crippen LogP contribution in [0.4, 0.5) is 4.39 Å². The standard InChI is InChI=1S/C23H31FN2O3/c1-2-26(14-20(27)25-13-16-3-5-19(24)6-4-16)21(28)12-22-8-17-7-18(9-22)11-23(29,10-17)15-22/h3-6,17-18,29H,2,7-15H2,1H3,(H,25,27). The van der Waals surface area contributed by atoms with E-state index in [1.807, 2.05) is 6.92 Å². The van der Waals surface area contributed by atoms with Gasteiger partial charge in [0.15, 0.2) is 0 Å². The maximum atomic E-state index is 13.0. The zero-order valence-corrected chi connectivity index (χ0v) is 17.1. The molecule has 0 aliphatic heterocycles. The first-order chi connectivity index (χ1) is 13.8. The second-order valence-corrected chi connectivity index (χ2v) is 9.67. The molecule has 0 aromatic heterocycles. The van der Waals surface area contributed by atoms with Crippen LogP contribution in [-0.2, 0) is 16.1 Å². The van der Waals surface area contributed by atoms with Crippen LogP contribution in [0.15, 0.2) is 24.3 Å². The Morgan fingerprint density at radius 3 is 2.41 bits per heavy atom. The van der Waals surface area contributed by atoms with Crippen LogP contribution in [0.5, 0.6) is 0 Å². The third-order valence-electron chi connectivity index (χ3n) is 7.15. The Labute approximate surface area is 171 Å². The summed E-state index contributed by atoms with van der Waals surface area (Å²) in [6.45, 7) is 2.71. The molecule has 2 N–H and O–H groups in total. The molecule has 4 fully saturated rings. The summed E-state index contributed by atoms with van der Waals surface area (Å²) in [5.74, 6) is 0.576. The minimum Gasteiger partial charge on any atom is -0.390 e. The van der Waals surface area contributed by atoms with E-state index >= 15 is 0 Å². The van der Waals surface area contributed by atoms with Gasteiger partial charge in [-0.05, 0) is 80.4 Å². The highest BCUT2D eigenvalue weighted by Crippen LogP contribution is 2.62. The van der Waals surface area contributed by atoms with Gasteiger partial charge in [-0.25, -0.2) is 4.39 Å². The molecular weight excluding hydrogens is 371 g/mol. The summed E-state index contributed by atoms with van der Waals surface area (Å²) in [7, 11) is 0. The molecule has 1 aromatic rings. The second-order valence-electron chi connectivity index (χ2n) is 9.67. The van der Waals surface area contributed by atoms with Gasteiger partial charge in [-0.15, -0.1) is 0 Å². The lowest BCUT2D eigenvalue weighted by atomic mass is 9.47. The smallest absolute Gasteiger partial charge is 0.239 e. The minimum atomic E-state index is -0.575. The summed E-state index contributed by atoms with van der Waals surface area (Å²) in [6, 6.07) is 6.00. The number of carbonyl (C=O) groups is 2. The van der Waals surface area contributed by atoms with Gasteiger partial charge in [0, 0.05) is 19.5 Å². The number of benzene rings is 1. The summed E-state index contributed by atoms with van der Waals surface area (Å²) in [4.78, 5) is 27.0. The van der Waals surface area contributed by atoms with Gasteiger partial charge in [0.25, 0.3) is 0 Å². The molecule has 0 radical (unpaired) electrons. The number of hydrogen-bond donors (Lipinski definition) is 2. The van der Waals surface area contributed by atoms with Crippen LogP contribution in [0.3, 0.4) is 0 Å². The number of hydrogen-bond acceptors (Lipinski definition) is 3. The van der Waals surface area contributed by atoms with E-state index in [1.54, 1.807) is 17.0 Å². The first kappa shape index (κ1) is 20.3. The quantitative estimate of drug-likeness (QED) is 0.737. The number of likely N-dealkylation sites (N-methyl/N-ethyl adjacent to an activating group) is 1. The summed E-state index contributed by atoms with van der Waals surface area (Å²) in [5.41, 5.74) is 0.151. The van der Waals surface area contributed by atoms with Crippen molar-refractivity contribution in [2.75, 3.05) is 13.1 Å². The summed E-state index contributed by atoms with van der Waals surface area (Å²) in [6.07, 6.45) is 6.21. The zero-order chi connectivity index (χ0) is 20.6. The molecule has 5 nitrogen and oxygen atoms in total. The normalized spacial score (nSPS) is 32.2. The predicted octanol–water partition coefficient (Wildman–Crippen LogP) is 3.01. The number of nitrogens with zero attached hydrogens (tertiary/aromatic N) is 1. The maximum absolute atomic E-state index is 13.0. The van der Waals surface area contributed by atoms with Crippen molar-refractivity contribution in [1.29, 1.82) is 0 Å². The molecule has 2 amide bonds. The van der Waals surface area contributed by atoms with Gasteiger partial charge in [0.2, 0.25) is 11.8 Å². The lowest BCUT2D eigenvalue weighted by molar-refractivity contribution is -0.172. The average molecular weight is 403 g/mol. The van der Waals surface area contributed by atoms with E-state index in [1.165, 1.54) is 18.6 Å². The lowest BCUT2D eigenvalue weighted by Gasteiger charge is -2.60. The van der Waals surface area contributed by atoms with Crippen molar-refractivity contribution in [3.63, 3.8) is 0 Å². The largest absolute Gasteiger partial charge is 0.390 e. The summed E-state index contributed by atoms with van der Waals surface area (Å²) < 4.78 is 13.0. The van der Waals surface area contributed by atoms with Crippen molar-refractivity contribution in [1.82, 2.24) is 10.2 Å². The van der Waals surface area contributed by atoms with Gasteiger partial charge in [0.1, 0.15) is 5.82 Å². The van der Waals surface area contributed by atoms with E-state index in [2.05, 4.69) is 5.32 Å². The second kappa shape index (κ2) is 7.71. The first-order valence-electron chi connectivity index (χ1n) is 10.8. The Balaban J connectivity index is 1.32. The van der Waals surface area contributed by atoms with Crippen molar-refractivity contribution >= 4 is 11.8 Å². The molecule has 4 saturated carbocycles. The van der Waals surface area contributed by atoms with Gasteiger partial charge in [-0.2, -0.15) is 0 Å². The molecule has 6 heteroatoms. The van der Waals surface area contributed by atoms with Crippen molar-refractivity contribution in [3.8, 4) is 0 Å². The highest BCUT2D eigenvalue weighted by Gasteiger charge is 2.57. The van der Waals surface area contributed by atoms with E-state index < -0.39 is 5.60 Å². The van der Waals surface area contributed by atoms with Crippen LogP contribution >= 0.6 is 0 Å². The van der Waals surface area contributed by atoms with E-state index in [0.29, 0.717) is 31.3 Å². The molecule has 4 aliphatic carbocycles. The SMILES string of the molecule is CCN(CC(=O)NCc1ccc(F)cc1)C(=O)CC12CC3CC(CC(O)(C3)C1)C2. The van der Waals surface area contributed by atoms with Gasteiger partial charge < -0.3 is 15.3 Å². The Hall–Kier alpha value is -1.95. The van der Waals surface area contributed by atoms with Crippen LogP contribution in [-0.4, -0.2) is 40.5 Å². The monoisotopic (exact) mass is 402 g/mol. The molecular formula is C23H31FN2O3. The van der Waals surface area contributed by atoms with Gasteiger partial charge in [-0.1, -0.05) is 12.1 Å². The molecule has 0 spiro atoms. The van der Waals surface area contributed by atoms with Gasteiger partial charge in [0.05, 0.1) is 12.1 Å². The summed E-state index contributed by atoms with van der Waals surface area (Å²) in [5, 5.41) is 13.7. The number of nitrogens with one attached hydrogen (secondary N) is 1. The molecule has 2 unspecified atom stereocenters. The minimum absolute atomic E-state index is 0.00924. The van der Waals surface area contributed by atoms with E-state index in [0.717, 1.165) is 37.7 Å². The topological polar surface area (TPSA) is 69.6 Å².